The summed E-state index contributed by atoms with van der Waals surface area (Å²) < 4.78 is 16.9. The molecule has 1 N–H and O–H groups in total. The van der Waals surface area contributed by atoms with Crippen molar-refractivity contribution in [2.75, 3.05) is 6.61 Å². The number of benzene rings is 1. The van der Waals surface area contributed by atoms with E-state index in [-0.39, 0.29) is 18.6 Å². The lowest BCUT2D eigenvalue weighted by Gasteiger charge is -2.12. The maximum atomic E-state index is 12.8. The zero-order valence-electron chi connectivity index (χ0n) is 15.2. The summed E-state index contributed by atoms with van der Waals surface area (Å²) in [5.41, 5.74) is 2.30. The minimum absolute atomic E-state index is 0.139. The first kappa shape index (κ1) is 17.6. The quantitative estimate of drug-likeness (QED) is 0.631. The Labute approximate surface area is 162 Å². The molecular formula is C20H20N2O4S. The summed E-state index contributed by atoms with van der Waals surface area (Å²) in [4.78, 5) is 14.3. The van der Waals surface area contributed by atoms with Crippen molar-refractivity contribution in [3.8, 4) is 11.5 Å². The Morgan fingerprint density at radius 2 is 2.30 bits per heavy atom. The fourth-order valence-corrected chi connectivity index (χ4v) is 3.53. The molecule has 0 bridgehead atoms. The van der Waals surface area contributed by atoms with Crippen molar-refractivity contribution in [2.45, 2.75) is 32.9 Å². The number of hydrogen-bond acceptors (Lipinski definition) is 5. The second-order valence-electron chi connectivity index (χ2n) is 6.52. The Morgan fingerprint density at radius 3 is 3.04 bits per heavy atom. The summed E-state index contributed by atoms with van der Waals surface area (Å²) in [6.45, 7) is 4.79. The lowest BCUT2D eigenvalue weighted by Crippen LogP contribution is -2.29. The zero-order valence-corrected chi connectivity index (χ0v) is 16.0. The molecule has 6 nitrogen and oxygen atoms in total. The van der Waals surface area contributed by atoms with Crippen LogP contribution in [-0.2, 0) is 17.8 Å². The summed E-state index contributed by atoms with van der Waals surface area (Å²) >= 11 is 5.32. The molecule has 0 radical (unpaired) electrons. The van der Waals surface area contributed by atoms with E-state index in [4.69, 9.17) is 26.1 Å². The van der Waals surface area contributed by atoms with Crippen LogP contribution in [0.5, 0.6) is 11.5 Å². The smallest absolute Gasteiger partial charge is 0.276 e. The van der Waals surface area contributed by atoms with Crippen molar-refractivity contribution in [3.63, 3.8) is 0 Å². The third-order valence-electron chi connectivity index (χ3n) is 4.48. The van der Waals surface area contributed by atoms with Crippen molar-refractivity contribution >= 4 is 29.3 Å². The number of thiocarbonyl (C=S) groups is 1. The van der Waals surface area contributed by atoms with Gasteiger partial charge in [-0.05, 0) is 56.4 Å². The number of ether oxygens (including phenoxy) is 2. The van der Waals surface area contributed by atoms with Crippen LogP contribution in [0.2, 0.25) is 0 Å². The molecule has 140 valence electrons. The highest BCUT2D eigenvalue weighted by atomic mass is 32.1. The van der Waals surface area contributed by atoms with Crippen molar-refractivity contribution in [2.24, 2.45) is 0 Å². The van der Waals surface area contributed by atoms with E-state index < -0.39 is 0 Å². The lowest BCUT2D eigenvalue weighted by molar-refractivity contribution is -0.122. The molecule has 2 aromatic rings. The first-order valence-corrected chi connectivity index (χ1v) is 9.29. The number of rotatable bonds is 5. The summed E-state index contributed by atoms with van der Waals surface area (Å²) in [6, 6.07) is 7.50. The van der Waals surface area contributed by atoms with Crippen LogP contribution >= 0.6 is 12.2 Å². The van der Waals surface area contributed by atoms with Gasteiger partial charge in [0.25, 0.3) is 5.91 Å². The highest BCUT2D eigenvalue weighted by Gasteiger charge is 2.32. The first-order chi connectivity index (χ1) is 13.0. The summed E-state index contributed by atoms with van der Waals surface area (Å²) in [5.74, 6) is 2.03. The second-order valence-corrected chi connectivity index (χ2v) is 6.91. The fourth-order valence-electron chi connectivity index (χ4n) is 3.28. The topological polar surface area (TPSA) is 63.9 Å². The molecule has 0 saturated carbocycles. The molecule has 27 heavy (non-hydrogen) atoms. The van der Waals surface area contributed by atoms with Gasteiger partial charge in [-0.3, -0.25) is 9.69 Å². The molecule has 1 fully saturated rings. The van der Waals surface area contributed by atoms with Crippen LogP contribution in [0.15, 0.2) is 40.6 Å². The number of carbonyl (C=O) groups excluding carboxylic acids is 1. The number of carbonyl (C=O) groups is 1. The number of furan rings is 1. The number of nitrogens with zero attached hydrogens (tertiary/aromatic N) is 1. The molecule has 0 unspecified atom stereocenters. The lowest BCUT2D eigenvalue weighted by atomic mass is 10.1. The minimum Gasteiger partial charge on any atom is -0.493 e. The largest absolute Gasteiger partial charge is 0.493 e. The van der Waals surface area contributed by atoms with E-state index in [1.807, 2.05) is 32.0 Å². The molecule has 3 heterocycles. The standard InChI is InChI=1S/C20H20N2O4S/c1-3-24-17-9-13-7-12(2)26-18(13)10-14(17)8-16-19(23)22(20(27)21-16)11-15-5-4-6-25-15/h4-6,8-10,12H,3,7,11H2,1-2H3,(H,21,27)/b16-8-/t12-/m0/s1. The molecule has 0 spiro atoms. The van der Waals surface area contributed by atoms with Gasteiger partial charge in [-0.25, -0.2) is 0 Å². The van der Waals surface area contributed by atoms with Gasteiger partial charge >= 0.3 is 0 Å². The maximum absolute atomic E-state index is 12.8. The highest BCUT2D eigenvalue weighted by Crippen LogP contribution is 2.36. The van der Waals surface area contributed by atoms with Gasteiger partial charge in [0.1, 0.15) is 29.1 Å². The van der Waals surface area contributed by atoms with Crippen LogP contribution in [0, 0.1) is 0 Å². The maximum Gasteiger partial charge on any atom is 0.276 e. The fraction of sp³-hybridized carbons (Fsp3) is 0.300. The number of nitrogens with one attached hydrogen (secondary N) is 1. The van der Waals surface area contributed by atoms with E-state index in [0.717, 1.165) is 29.0 Å². The van der Waals surface area contributed by atoms with E-state index in [1.54, 1.807) is 18.4 Å². The predicted octanol–water partition coefficient (Wildman–Crippen LogP) is 3.26. The van der Waals surface area contributed by atoms with Crippen LogP contribution < -0.4 is 14.8 Å². The Hall–Kier alpha value is -2.80. The Kier molecular flexibility index (Phi) is 4.61. The molecular weight excluding hydrogens is 364 g/mol. The van der Waals surface area contributed by atoms with Crippen LogP contribution in [0.25, 0.3) is 6.08 Å². The van der Waals surface area contributed by atoms with Gasteiger partial charge in [-0.2, -0.15) is 0 Å². The molecule has 1 aromatic carbocycles. The van der Waals surface area contributed by atoms with Gasteiger partial charge in [0.15, 0.2) is 5.11 Å². The zero-order chi connectivity index (χ0) is 19.0. The van der Waals surface area contributed by atoms with E-state index in [1.165, 1.54) is 4.90 Å². The van der Waals surface area contributed by atoms with E-state index in [0.29, 0.717) is 23.2 Å². The van der Waals surface area contributed by atoms with E-state index in [9.17, 15) is 4.79 Å². The normalized spacial score (nSPS) is 20.0. The van der Waals surface area contributed by atoms with E-state index in [2.05, 4.69) is 5.32 Å². The average molecular weight is 384 g/mol. The minimum atomic E-state index is -0.200. The van der Waals surface area contributed by atoms with Crippen LogP contribution in [0.4, 0.5) is 0 Å². The molecule has 0 aliphatic carbocycles. The van der Waals surface area contributed by atoms with Gasteiger partial charge in [-0.1, -0.05) is 0 Å². The molecule has 1 aromatic heterocycles. The molecule has 2 aliphatic heterocycles. The monoisotopic (exact) mass is 384 g/mol. The van der Waals surface area contributed by atoms with Crippen molar-refractivity contribution < 1.29 is 18.7 Å². The highest BCUT2D eigenvalue weighted by molar-refractivity contribution is 7.80. The third kappa shape index (κ3) is 3.42. The van der Waals surface area contributed by atoms with Crippen molar-refractivity contribution in [1.82, 2.24) is 10.2 Å². The summed E-state index contributed by atoms with van der Waals surface area (Å²) in [5, 5.41) is 3.34. The molecule has 7 heteroatoms. The Morgan fingerprint density at radius 1 is 1.44 bits per heavy atom. The molecule has 1 amide bonds. The molecule has 2 aliphatic rings. The number of hydrogen-bond donors (Lipinski definition) is 1. The molecule has 1 saturated heterocycles. The SMILES string of the molecule is CCOc1cc2c(cc1/C=C1\NC(=S)N(Cc3ccco3)C1=O)O[C@@H](C)C2. The molecule has 1 atom stereocenters. The van der Waals surface area contributed by atoms with Gasteiger partial charge in [0.2, 0.25) is 0 Å². The second kappa shape index (κ2) is 7.08. The Bertz CT molecular complexity index is 920. The van der Waals surface area contributed by atoms with Crippen molar-refractivity contribution in [3.05, 3.63) is 53.1 Å². The van der Waals surface area contributed by atoms with Crippen LogP contribution in [0.3, 0.4) is 0 Å². The van der Waals surface area contributed by atoms with Gasteiger partial charge in [-0.15, -0.1) is 0 Å². The van der Waals surface area contributed by atoms with E-state index >= 15 is 0 Å². The Balaban J connectivity index is 1.64. The number of amides is 1. The van der Waals surface area contributed by atoms with Gasteiger partial charge in [0, 0.05) is 17.5 Å². The number of fused-ring (bicyclic) bond motifs is 1. The van der Waals surface area contributed by atoms with Gasteiger partial charge in [0.05, 0.1) is 19.4 Å². The average Bonchev–Trinajstić information content (AvgIpc) is 3.32. The summed E-state index contributed by atoms with van der Waals surface area (Å²) in [6.07, 6.45) is 4.32. The first-order valence-electron chi connectivity index (χ1n) is 8.88. The van der Waals surface area contributed by atoms with Crippen LogP contribution in [-0.4, -0.2) is 28.6 Å². The predicted molar refractivity (Wildman–Crippen MR) is 104 cm³/mol. The van der Waals surface area contributed by atoms with Crippen LogP contribution in [0.1, 0.15) is 30.7 Å². The van der Waals surface area contributed by atoms with Gasteiger partial charge < -0.3 is 19.2 Å². The summed E-state index contributed by atoms with van der Waals surface area (Å²) in [7, 11) is 0. The molecule has 4 rings (SSSR count). The van der Waals surface area contributed by atoms with Crippen molar-refractivity contribution in [1.29, 1.82) is 0 Å². The third-order valence-corrected chi connectivity index (χ3v) is 4.81.